The highest BCUT2D eigenvalue weighted by molar-refractivity contribution is 6.19. The molecule has 0 spiro atoms. The monoisotopic (exact) mass is 155 g/mol. The van der Waals surface area contributed by atoms with Crippen molar-refractivity contribution in [1.29, 1.82) is 5.41 Å². The van der Waals surface area contributed by atoms with Crippen LogP contribution in [-0.4, -0.2) is 17.8 Å². The standard InChI is InChI=1S/C6H9N3O2/c1-6(2)3(10)8-5(7)9-4(6)11/h1-2H3,(H3,7,8,9,10,11). The molecule has 0 atom stereocenters. The Kier molecular flexibility index (Phi) is 1.44. The van der Waals surface area contributed by atoms with Crippen molar-refractivity contribution in [3.8, 4) is 0 Å². The first-order valence-electron chi connectivity index (χ1n) is 3.16. The summed E-state index contributed by atoms with van der Waals surface area (Å²) in [5.74, 6) is -1.13. The Bertz CT molecular complexity index is 222. The Morgan fingerprint density at radius 1 is 1.18 bits per heavy atom. The van der Waals surface area contributed by atoms with E-state index in [1.165, 1.54) is 13.8 Å². The number of nitrogens with one attached hydrogen (secondary N) is 3. The Morgan fingerprint density at radius 3 is 1.91 bits per heavy atom. The smallest absolute Gasteiger partial charge is 0.241 e. The third-order valence-electron chi connectivity index (χ3n) is 1.61. The number of carbonyl (C=O) groups is 2. The Labute approximate surface area is 63.7 Å². The molecule has 1 aliphatic heterocycles. The van der Waals surface area contributed by atoms with Crippen molar-refractivity contribution >= 4 is 17.8 Å². The van der Waals surface area contributed by atoms with Crippen LogP contribution in [0.15, 0.2) is 0 Å². The van der Waals surface area contributed by atoms with E-state index in [1.54, 1.807) is 0 Å². The minimum Gasteiger partial charge on any atom is -0.296 e. The maximum absolute atomic E-state index is 11.0. The topological polar surface area (TPSA) is 82.1 Å². The fourth-order valence-corrected chi connectivity index (χ4v) is 0.674. The fourth-order valence-electron chi connectivity index (χ4n) is 0.674. The molecule has 0 radical (unpaired) electrons. The van der Waals surface area contributed by atoms with Crippen molar-refractivity contribution in [3.63, 3.8) is 0 Å². The summed E-state index contributed by atoms with van der Waals surface area (Å²) in [6, 6.07) is 0. The largest absolute Gasteiger partial charge is 0.296 e. The predicted octanol–water partition coefficient (Wildman–Crippen LogP) is -0.807. The van der Waals surface area contributed by atoms with Gasteiger partial charge in [-0.25, -0.2) is 0 Å². The molecule has 1 heterocycles. The van der Waals surface area contributed by atoms with Gasteiger partial charge in [-0.05, 0) is 13.8 Å². The lowest BCUT2D eigenvalue weighted by Gasteiger charge is -2.27. The van der Waals surface area contributed by atoms with Crippen LogP contribution < -0.4 is 10.6 Å². The van der Waals surface area contributed by atoms with Crippen molar-refractivity contribution in [3.05, 3.63) is 0 Å². The minimum absolute atomic E-state index is 0.251. The number of hydrogen-bond donors (Lipinski definition) is 3. The van der Waals surface area contributed by atoms with Gasteiger partial charge in [0.1, 0.15) is 5.41 Å². The first kappa shape index (κ1) is 7.71. The quantitative estimate of drug-likeness (QED) is 0.400. The first-order valence-corrected chi connectivity index (χ1v) is 3.16. The molecule has 5 nitrogen and oxygen atoms in total. The first-order chi connectivity index (χ1) is 4.94. The van der Waals surface area contributed by atoms with Gasteiger partial charge in [-0.15, -0.1) is 0 Å². The summed E-state index contributed by atoms with van der Waals surface area (Å²) in [6.45, 7) is 3.01. The molecule has 1 saturated heterocycles. The molecule has 1 aliphatic rings. The van der Waals surface area contributed by atoms with E-state index in [0.717, 1.165) is 0 Å². The van der Waals surface area contributed by atoms with E-state index < -0.39 is 17.2 Å². The molecule has 3 N–H and O–H groups in total. The molecular formula is C6H9N3O2. The molecule has 60 valence electrons. The summed E-state index contributed by atoms with van der Waals surface area (Å²) in [5, 5.41) is 11.4. The van der Waals surface area contributed by atoms with Gasteiger partial charge in [0, 0.05) is 0 Å². The van der Waals surface area contributed by atoms with Crippen molar-refractivity contribution in [2.24, 2.45) is 5.41 Å². The van der Waals surface area contributed by atoms with Gasteiger partial charge >= 0.3 is 0 Å². The van der Waals surface area contributed by atoms with Gasteiger partial charge in [-0.3, -0.25) is 25.6 Å². The van der Waals surface area contributed by atoms with Gasteiger partial charge in [0.2, 0.25) is 17.8 Å². The third kappa shape index (κ3) is 1.09. The van der Waals surface area contributed by atoms with Crippen LogP contribution in [0.1, 0.15) is 13.8 Å². The van der Waals surface area contributed by atoms with Gasteiger partial charge < -0.3 is 0 Å². The summed E-state index contributed by atoms with van der Waals surface area (Å²) in [4.78, 5) is 22.0. The van der Waals surface area contributed by atoms with Crippen LogP contribution in [0, 0.1) is 10.8 Å². The zero-order valence-corrected chi connectivity index (χ0v) is 6.32. The Morgan fingerprint density at radius 2 is 1.55 bits per heavy atom. The van der Waals surface area contributed by atoms with E-state index in [0.29, 0.717) is 0 Å². The van der Waals surface area contributed by atoms with Crippen LogP contribution in [-0.2, 0) is 9.59 Å². The lowest BCUT2D eigenvalue weighted by Crippen LogP contribution is -2.60. The molecule has 0 unspecified atom stereocenters. The minimum atomic E-state index is -1.06. The van der Waals surface area contributed by atoms with E-state index >= 15 is 0 Å². The summed E-state index contributed by atoms with van der Waals surface area (Å²) >= 11 is 0. The van der Waals surface area contributed by atoms with E-state index in [2.05, 4.69) is 10.6 Å². The maximum atomic E-state index is 11.0. The summed E-state index contributed by atoms with van der Waals surface area (Å²) < 4.78 is 0. The highest BCUT2D eigenvalue weighted by Crippen LogP contribution is 2.16. The average molecular weight is 155 g/mol. The molecule has 1 rings (SSSR count). The van der Waals surface area contributed by atoms with Crippen molar-refractivity contribution in [1.82, 2.24) is 10.6 Å². The fraction of sp³-hybridized carbons (Fsp3) is 0.500. The summed E-state index contributed by atoms with van der Waals surface area (Å²) in [7, 11) is 0. The summed E-state index contributed by atoms with van der Waals surface area (Å²) in [5.41, 5.74) is -1.06. The van der Waals surface area contributed by atoms with E-state index in [9.17, 15) is 9.59 Å². The van der Waals surface area contributed by atoms with Gasteiger partial charge in [0.15, 0.2) is 0 Å². The molecule has 0 bridgehead atoms. The SMILES string of the molecule is CC1(C)C(=O)NC(=N)NC1=O. The third-order valence-corrected chi connectivity index (χ3v) is 1.61. The van der Waals surface area contributed by atoms with Crippen LogP contribution in [0.3, 0.4) is 0 Å². The number of carbonyl (C=O) groups excluding carboxylic acids is 2. The molecule has 2 amide bonds. The summed E-state index contributed by atoms with van der Waals surface area (Å²) in [6.07, 6.45) is 0. The molecule has 0 saturated carbocycles. The normalized spacial score (nSPS) is 22.5. The molecule has 0 aromatic heterocycles. The molecule has 0 aromatic carbocycles. The van der Waals surface area contributed by atoms with Gasteiger partial charge in [-0.1, -0.05) is 0 Å². The zero-order valence-electron chi connectivity index (χ0n) is 6.32. The lowest BCUT2D eigenvalue weighted by molar-refractivity contribution is -0.141. The maximum Gasteiger partial charge on any atom is 0.241 e. The van der Waals surface area contributed by atoms with Gasteiger partial charge in [0.25, 0.3) is 0 Å². The Balaban J connectivity index is 2.93. The number of rotatable bonds is 0. The van der Waals surface area contributed by atoms with E-state index in [-0.39, 0.29) is 5.96 Å². The number of amides is 2. The van der Waals surface area contributed by atoms with Crippen LogP contribution in [0.2, 0.25) is 0 Å². The molecule has 0 aliphatic carbocycles. The predicted molar refractivity (Wildman–Crippen MR) is 37.8 cm³/mol. The molecule has 11 heavy (non-hydrogen) atoms. The lowest BCUT2D eigenvalue weighted by atomic mass is 9.90. The van der Waals surface area contributed by atoms with Crippen LogP contribution in [0.25, 0.3) is 0 Å². The van der Waals surface area contributed by atoms with Crippen LogP contribution in [0.5, 0.6) is 0 Å². The highest BCUT2D eigenvalue weighted by Gasteiger charge is 2.40. The van der Waals surface area contributed by atoms with E-state index in [4.69, 9.17) is 5.41 Å². The Hall–Kier alpha value is -1.39. The van der Waals surface area contributed by atoms with Crippen molar-refractivity contribution < 1.29 is 9.59 Å². The average Bonchev–Trinajstić information content (AvgIpc) is 1.84. The molecular weight excluding hydrogens is 146 g/mol. The second-order valence-electron chi connectivity index (χ2n) is 2.91. The second kappa shape index (κ2) is 2.05. The number of guanidine groups is 1. The zero-order chi connectivity index (χ0) is 8.65. The molecule has 1 fully saturated rings. The van der Waals surface area contributed by atoms with Crippen LogP contribution in [0.4, 0.5) is 0 Å². The van der Waals surface area contributed by atoms with Crippen molar-refractivity contribution in [2.75, 3.05) is 0 Å². The molecule has 5 heteroatoms. The van der Waals surface area contributed by atoms with Gasteiger partial charge in [-0.2, -0.15) is 0 Å². The van der Waals surface area contributed by atoms with Gasteiger partial charge in [0.05, 0.1) is 0 Å². The molecule has 0 aromatic rings. The number of hydrogen-bond acceptors (Lipinski definition) is 3. The van der Waals surface area contributed by atoms with Crippen LogP contribution >= 0.6 is 0 Å². The van der Waals surface area contributed by atoms with Crippen molar-refractivity contribution in [2.45, 2.75) is 13.8 Å². The second-order valence-corrected chi connectivity index (χ2v) is 2.91. The van der Waals surface area contributed by atoms with E-state index in [1.807, 2.05) is 0 Å². The highest BCUT2D eigenvalue weighted by atomic mass is 16.2.